The molecule has 0 radical (unpaired) electrons. The van der Waals surface area contributed by atoms with Crippen LogP contribution in [0.2, 0.25) is 0 Å². The topological polar surface area (TPSA) is 54.9 Å². The summed E-state index contributed by atoms with van der Waals surface area (Å²) in [4.78, 5) is 4.12. The first-order chi connectivity index (χ1) is 7.49. The molecule has 0 atom stereocenters. The molecule has 0 fully saturated rings. The van der Waals surface area contributed by atoms with Gasteiger partial charge in [0.25, 0.3) is 0 Å². The van der Waals surface area contributed by atoms with Crippen LogP contribution in [-0.4, -0.2) is 52.0 Å². The predicted octanol–water partition coefficient (Wildman–Crippen LogP) is 0.613. The zero-order valence-corrected chi connectivity index (χ0v) is 11.1. The molecule has 0 spiro atoms. The zero-order valence-electron chi connectivity index (χ0n) is 11.1. The smallest absolute Gasteiger partial charge is 0.191 e. The highest BCUT2D eigenvalue weighted by Gasteiger charge is 2.10. The highest BCUT2D eigenvalue weighted by molar-refractivity contribution is 5.80. The first kappa shape index (κ1) is 15.2. The van der Waals surface area contributed by atoms with Crippen LogP contribution in [0, 0.1) is 0 Å². The van der Waals surface area contributed by atoms with Gasteiger partial charge in [0.2, 0.25) is 0 Å². The second-order valence-electron chi connectivity index (χ2n) is 4.48. The Bertz CT molecular complexity index is 200. The molecule has 5 heteroatoms. The minimum absolute atomic E-state index is 0.0126. The summed E-state index contributed by atoms with van der Waals surface area (Å²) in [5, 5.41) is 6.44. The molecule has 16 heavy (non-hydrogen) atoms. The summed E-state index contributed by atoms with van der Waals surface area (Å²) in [5.74, 6) is 0.794. The molecule has 0 aliphatic carbocycles. The number of methoxy groups -OCH3 is 1. The van der Waals surface area contributed by atoms with Crippen molar-refractivity contribution in [2.75, 3.05) is 40.5 Å². The number of hydrogen-bond acceptors (Lipinski definition) is 3. The van der Waals surface area contributed by atoms with Gasteiger partial charge in [0.1, 0.15) is 0 Å². The van der Waals surface area contributed by atoms with Crippen molar-refractivity contribution in [1.82, 2.24) is 10.6 Å². The van der Waals surface area contributed by atoms with Crippen molar-refractivity contribution in [3.63, 3.8) is 0 Å². The molecular weight excluding hydrogens is 206 g/mol. The lowest BCUT2D eigenvalue weighted by atomic mass is 10.1. The van der Waals surface area contributed by atoms with Crippen molar-refractivity contribution in [3.8, 4) is 0 Å². The van der Waals surface area contributed by atoms with Crippen LogP contribution in [0.1, 0.15) is 20.8 Å². The Labute approximate surface area is 98.6 Å². The lowest BCUT2D eigenvalue weighted by Crippen LogP contribution is -2.48. The Morgan fingerprint density at radius 2 is 1.88 bits per heavy atom. The number of rotatable bonds is 6. The molecule has 0 bridgehead atoms. The van der Waals surface area contributed by atoms with Crippen LogP contribution in [0.25, 0.3) is 0 Å². The number of aliphatic imine (C=N–C) groups is 1. The molecule has 0 saturated carbocycles. The van der Waals surface area contributed by atoms with Crippen molar-refractivity contribution in [2.24, 2.45) is 4.99 Å². The van der Waals surface area contributed by atoms with Gasteiger partial charge in [-0.1, -0.05) is 0 Å². The van der Waals surface area contributed by atoms with Gasteiger partial charge in [0.15, 0.2) is 5.96 Å². The first-order valence-corrected chi connectivity index (χ1v) is 5.55. The summed E-state index contributed by atoms with van der Waals surface area (Å²) in [6.45, 7) is 8.92. The van der Waals surface area contributed by atoms with Gasteiger partial charge in [-0.05, 0) is 20.8 Å². The van der Waals surface area contributed by atoms with Gasteiger partial charge < -0.3 is 20.1 Å². The van der Waals surface area contributed by atoms with Gasteiger partial charge >= 0.3 is 0 Å². The van der Waals surface area contributed by atoms with E-state index in [4.69, 9.17) is 9.47 Å². The fourth-order valence-electron chi connectivity index (χ4n) is 1.02. The molecule has 0 aliphatic rings. The Kier molecular flexibility index (Phi) is 7.93. The average molecular weight is 231 g/mol. The van der Waals surface area contributed by atoms with E-state index in [0.717, 1.165) is 12.5 Å². The number of guanidine groups is 1. The van der Waals surface area contributed by atoms with E-state index >= 15 is 0 Å². The summed E-state index contributed by atoms with van der Waals surface area (Å²) in [6, 6.07) is 0. The van der Waals surface area contributed by atoms with Gasteiger partial charge in [-0.25, -0.2) is 0 Å². The van der Waals surface area contributed by atoms with Crippen LogP contribution in [-0.2, 0) is 9.47 Å². The Balaban J connectivity index is 3.58. The quantitative estimate of drug-likeness (QED) is 0.399. The molecule has 0 aliphatic heterocycles. The fraction of sp³-hybridized carbons (Fsp3) is 0.909. The Hall–Kier alpha value is -0.810. The minimum atomic E-state index is 0.0126. The standard InChI is InChI=1S/C11H25N3O2/c1-11(2,3)14-10(12-4)13-6-7-16-9-8-15-5/h6-9H2,1-5H3,(H2,12,13,14). The number of nitrogens with one attached hydrogen (secondary N) is 2. The van der Waals surface area contributed by atoms with E-state index < -0.39 is 0 Å². The third kappa shape index (κ3) is 9.73. The SMILES string of the molecule is CN=C(NCCOCCOC)NC(C)(C)C. The maximum Gasteiger partial charge on any atom is 0.191 e. The van der Waals surface area contributed by atoms with Gasteiger partial charge in [-0.2, -0.15) is 0 Å². The van der Waals surface area contributed by atoms with Crippen LogP contribution in [0.4, 0.5) is 0 Å². The molecule has 0 aromatic rings. The second-order valence-corrected chi connectivity index (χ2v) is 4.48. The van der Waals surface area contributed by atoms with E-state index in [-0.39, 0.29) is 5.54 Å². The molecule has 0 unspecified atom stereocenters. The molecule has 2 N–H and O–H groups in total. The third-order valence-electron chi connectivity index (χ3n) is 1.69. The van der Waals surface area contributed by atoms with Crippen molar-refractivity contribution >= 4 is 5.96 Å². The molecule has 0 rings (SSSR count). The van der Waals surface area contributed by atoms with Gasteiger partial charge in [0.05, 0.1) is 19.8 Å². The summed E-state index contributed by atoms with van der Waals surface area (Å²) < 4.78 is 10.2. The Morgan fingerprint density at radius 1 is 1.19 bits per heavy atom. The van der Waals surface area contributed by atoms with Crippen molar-refractivity contribution in [1.29, 1.82) is 0 Å². The monoisotopic (exact) mass is 231 g/mol. The highest BCUT2D eigenvalue weighted by atomic mass is 16.5. The summed E-state index contributed by atoms with van der Waals surface area (Å²) >= 11 is 0. The summed E-state index contributed by atoms with van der Waals surface area (Å²) in [6.07, 6.45) is 0. The number of nitrogens with zero attached hydrogens (tertiary/aromatic N) is 1. The maximum absolute atomic E-state index is 5.33. The molecule has 5 nitrogen and oxygen atoms in total. The van der Waals surface area contributed by atoms with Crippen molar-refractivity contribution in [3.05, 3.63) is 0 Å². The molecule has 0 aromatic carbocycles. The van der Waals surface area contributed by atoms with E-state index in [2.05, 4.69) is 36.4 Å². The number of ether oxygens (including phenoxy) is 2. The minimum Gasteiger partial charge on any atom is -0.382 e. The lowest BCUT2D eigenvalue weighted by molar-refractivity contribution is 0.0733. The molecule has 0 amide bonds. The van der Waals surface area contributed by atoms with E-state index in [1.807, 2.05) is 0 Å². The van der Waals surface area contributed by atoms with Crippen LogP contribution in [0.15, 0.2) is 4.99 Å². The van der Waals surface area contributed by atoms with E-state index in [1.54, 1.807) is 14.2 Å². The van der Waals surface area contributed by atoms with E-state index in [1.165, 1.54) is 0 Å². The summed E-state index contributed by atoms with van der Waals surface area (Å²) in [5.41, 5.74) is 0.0126. The molecule has 0 aromatic heterocycles. The normalized spacial score (nSPS) is 12.7. The van der Waals surface area contributed by atoms with Crippen LogP contribution in [0.5, 0.6) is 0 Å². The van der Waals surface area contributed by atoms with Crippen LogP contribution in [0.3, 0.4) is 0 Å². The highest BCUT2D eigenvalue weighted by Crippen LogP contribution is 1.97. The van der Waals surface area contributed by atoms with Crippen molar-refractivity contribution in [2.45, 2.75) is 26.3 Å². The van der Waals surface area contributed by atoms with Gasteiger partial charge in [0, 0.05) is 26.2 Å². The third-order valence-corrected chi connectivity index (χ3v) is 1.69. The maximum atomic E-state index is 5.33. The average Bonchev–Trinajstić information content (AvgIpc) is 2.19. The largest absolute Gasteiger partial charge is 0.382 e. The van der Waals surface area contributed by atoms with E-state index in [9.17, 15) is 0 Å². The molecular formula is C11H25N3O2. The lowest BCUT2D eigenvalue weighted by Gasteiger charge is -2.23. The van der Waals surface area contributed by atoms with E-state index in [0.29, 0.717) is 19.8 Å². The first-order valence-electron chi connectivity index (χ1n) is 5.55. The predicted molar refractivity (Wildman–Crippen MR) is 66.9 cm³/mol. The fourth-order valence-corrected chi connectivity index (χ4v) is 1.02. The molecule has 0 heterocycles. The molecule has 0 saturated heterocycles. The second kappa shape index (κ2) is 8.35. The van der Waals surface area contributed by atoms with Crippen molar-refractivity contribution < 1.29 is 9.47 Å². The van der Waals surface area contributed by atoms with Gasteiger partial charge in [-0.15, -0.1) is 0 Å². The number of hydrogen-bond donors (Lipinski definition) is 2. The Morgan fingerprint density at radius 3 is 2.38 bits per heavy atom. The summed E-state index contributed by atoms with van der Waals surface area (Å²) in [7, 11) is 3.42. The zero-order chi connectivity index (χ0) is 12.4. The van der Waals surface area contributed by atoms with Crippen LogP contribution >= 0.6 is 0 Å². The molecule has 96 valence electrons. The van der Waals surface area contributed by atoms with Gasteiger partial charge in [-0.3, -0.25) is 4.99 Å². The van der Waals surface area contributed by atoms with Crippen LogP contribution < -0.4 is 10.6 Å².